The number of hydrogen-bond acceptors (Lipinski definition) is 5. The molecule has 4 rings (SSSR count). The first-order chi connectivity index (χ1) is 13.6. The van der Waals surface area contributed by atoms with Gasteiger partial charge in [0, 0.05) is 44.6 Å². The van der Waals surface area contributed by atoms with Gasteiger partial charge in [-0.05, 0) is 19.3 Å². The number of pyridine rings is 1. The van der Waals surface area contributed by atoms with E-state index in [0.29, 0.717) is 22.9 Å². The van der Waals surface area contributed by atoms with Crippen LogP contribution in [0.1, 0.15) is 47.4 Å². The van der Waals surface area contributed by atoms with E-state index in [1.165, 1.54) is 0 Å². The van der Waals surface area contributed by atoms with Crippen LogP contribution in [0.3, 0.4) is 0 Å². The molecule has 28 heavy (non-hydrogen) atoms. The Labute approximate surface area is 163 Å². The van der Waals surface area contributed by atoms with E-state index in [4.69, 9.17) is 14.5 Å². The number of methoxy groups -OCH3 is 1. The molecule has 148 valence electrons. The molecule has 0 aliphatic carbocycles. The number of nitrogens with one attached hydrogen (secondary N) is 1. The van der Waals surface area contributed by atoms with Crippen LogP contribution in [0, 0.1) is 0 Å². The Hall–Kier alpha value is -2.87. The van der Waals surface area contributed by atoms with Crippen molar-refractivity contribution in [2.45, 2.75) is 32.1 Å². The average molecular weight is 383 g/mol. The molecule has 1 N–H and O–H groups in total. The second-order valence-corrected chi connectivity index (χ2v) is 7.01. The predicted octanol–water partition coefficient (Wildman–Crippen LogP) is 2.79. The van der Waals surface area contributed by atoms with Crippen molar-refractivity contribution < 1.29 is 14.3 Å². The summed E-state index contributed by atoms with van der Waals surface area (Å²) in [6, 6.07) is 1.81. The van der Waals surface area contributed by atoms with E-state index in [-0.39, 0.29) is 5.91 Å². The van der Waals surface area contributed by atoms with Gasteiger partial charge in [0.05, 0.1) is 35.9 Å². The second kappa shape index (κ2) is 7.63. The minimum atomic E-state index is -0.234. The van der Waals surface area contributed by atoms with Crippen LogP contribution in [0.25, 0.3) is 5.65 Å². The van der Waals surface area contributed by atoms with Gasteiger partial charge in [0.2, 0.25) is 0 Å². The Morgan fingerprint density at radius 3 is 2.86 bits per heavy atom. The smallest absolute Gasteiger partial charge is 0.261 e. The van der Waals surface area contributed by atoms with Crippen LogP contribution in [0.15, 0.2) is 24.7 Å². The zero-order chi connectivity index (χ0) is 19.7. The number of aryl methyl sites for hydroxylation is 1. The number of amides is 1. The molecule has 0 radical (unpaired) electrons. The van der Waals surface area contributed by atoms with Crippen molar-refractivity contribution in [3.63, 3.8) is 0 Å². The van der Waals surface area contributed by atoms with Crippen LogP contribution in [0.4, 0.5) is 5.69 Å². The lowest BCUT2D eigenvalue weighted by Crippen LogP contribution is -2.15. The highest BCUT2D eigenvalue weighted by molar-refractivity contribution is 6.06. The second-order valence-electron chi connectivity index (χ2n) is 7.01. The first-order valence-electron chi connectivity index (χ1n) is 9.57. The van der Waals surface area contributed by atoms with Crippen LogP contribution in [0.5, 0.6) is 5.75 Å². The van der Waals surface area contributed by atoms with Gasteiger partial charge in [0.1, 0.15) is 11.4 Å². The van der Waals surface area contributed by atoms with E-state index in [1.54, 1.807) is 24.2 Å². The standard InChI is InChI=1S/C20H25N5O3/c1-4-17-15(10-21-24(17)2)23-20(26)14-11-25-12-16(13-5-7-28-8-6-13)22-19(25)9-18(14)27-3/h9-13H,4-8H2,1-3H3,(H,23,26). The monoisotopic (exact) mass is 383 g/mol. The number of nitrogens with zero attached hydrogens (tertiary/aromatic N) is 4. The molecular formula is C20H25N5O3. The third kappa shape index (κ3) is 3.35. The lowest BCUT2D eigenvalue weighted by Gasteiger charge is -2.19. The predicted molar refractivity (Wildman–Crippen MR) is 105 cm³/mol. The minimum absolute atomic E-state index is 0.234. The molecule has 0 bridgehead atoms. The fourth-order valence-electron chi connectivity index (χ4n) is 3.74. The first-order valence-corrected chi connectivity index (χ1v) is 9.57. The Kier molecular flexibility index (Phi) is 5.04. The quantitative estimate of drug-likeness (QED) is 0.733. The van der Waals surface area contributed by atoms with E-state index in [2.05, 4.69) is 10.4 Å². The fourth-order valence-corrected chi connectivity index (χ4v) is 3.74. The van der Waals surface area contributed by atoms with Crippen LogP contribution in [-0.2, 0) is 18.2 Å². The molecule has 3 aromatic heterocycles. The maximum absolute atomic E-state index is 12.9. The largest absolute Gasteiger partial charge is 0.496 e. The summed E-state index contributed by atoms with van der Waals surface area (Å²) in [4.78, 5) is 17.7. The summed E-state index contributed by atoms with van der Waals surface area (Å²) in [7, 11) is 3.43. The molecule has 1 fully saturated rings. The summed E-state index contributed by atoms with van der Waals surface area (Å²) in [5.41, 5.74) is 3.94. The van der Waals surface area contributed by atoms with Crippen LogP contribution in [-0.4, -0.2) is 45.4 Å². The molecule has 4 heterocycles. The molecular weight excluding hydrogens is 358 g/mol. The zero-order valence-electron chi connectivity index (χ0n) is 16.4. The molecule has 3 aromatic rings. The third-order valence-corrected chi connectivity index (χ3v) is 5.32. The highest BCUT2D eigenvalue weighted by Crippen LogP contribution is 2.29. The number of carbonyl (C=O) groups is 1. The number of aromatic nitrogens is 4. The molecule has 0 atom stereocenters. The van der Waals surface area contributed by atoms with Crippen molar-refractivity contribution in [2.24, 2.45) is 7.05 Å². The molecule has 0 unspecified atom stereocenters. The van der Waals surface area contributed by atoms with Crippen molar-refractivity contribution in [3.8, 4) is 5.75 Å². The SMILES string of the molecule is CCc1c(NC(=O)c2cn3cc(C4CCOCC4)nc3cc2OC)cnn1C. The van der Waals surface area contributed by atoms with Gasteiger partial charge >= 0.3 is 0 Å². The van der Waals surface area contributed by atoms with Gasteiger partial charge in [0.25, 0.3) is 5.91 Å². The number of imidazole rings is 1. The van der Waals surface area contributed by atoms with Gasteiger partial charge in [-0.1, -0.05) is 6.92 Å². The Bertz CT molecular complexity index is 1000. The number of fused-ring (bicyclic) bond motifs is 1. The highest BCUT2D eigenvalue weighted by Gasteiger charge is 2.21. The van der Waals surface area contributed by atoms with Crippen molar-refractivity contribution >= 4 is 17.2 Å². The summed E-state index contributed by atoms with van der Waals surface area (Å²) in [5, 5.41) is 7.18. The molecule has 8 heteroatoms. The summed E-state index contributed by atoms with van der Waals surface area (Å²) in [6.07, 6.45) is 8.16. The van der Waals surface area contributed by atoms with Gasteiger partial charge in [-0.2, -0.15) is 5.10 Å². The number of rotatable bonds is 5. The molecule has 8 nitrogen and oxygen atoms in total. The Morgan fingerprint density at radius 2 is 2.14 bits per heavy atom. The van der Waals surface area contributed by atoms with Crippen molar-refractivity contribution in [1.82, 2.24) is 19.2 Å². The van der Waals surface area contributed by atoms with Gasteiger partial charge in [0.15, 0.2) is 0 Å². The molecule has 0 spiro atoms. The van der Waals surface area contributed by atoms with Crippen molar-refractivity contribution in [3.05, 3.63) is 41.6 Å². The lowest BCUT2D eigenvalue weighted by atomic mass is 9.97. The maximum Gasteiger partial charge on any atom is 0.261 e. The normalized spacial score (nSPS) is 15.1. The van der Waals surface area contributed by atoms with Crippen molar-refractivity contribution in [2.75, 3.05) is 25.6 Å². The first kappa shape index (κ1) is 18.5. The molecule has 0 aromatic carbocycles. The van der Waals surface area contributed by atoms with Crippen LogP contribution < -0.4 is 10.1 Å². The molecule has 0 saturated carbocycles. The topological polar surface area (TPSA) is 82.7 Å². The van der Waals surface area contributed by atoms with E-state index >= 15 is 0 Å². The van der Waals surface area contributed by atoms with Crippen molar-refractivity contribution in [1.29, 1.82) is 0 Å². The number of anilines is 1. The molecule has 1 amide bonds. The Balaban J connectivity index is 1.66. The number of ether oxygens (including phenoxy) is 2. The van der Waals surface area contributed by atoms with E-state index in [0.717, 1.165) is 49.5 Å². The molecule has 1 aliphatic rings. The van der Waals surface area contributed by atoms with Crippen LogP contribution >= 0.6 is 0 Å². The number of carbonyl (C=O) groups excluding carboxylic acids is 1. The fraction of sp³-hybridized carbons (Fsp3) is 0.450. The lowest BCUT2D eigenvalue weighted by molar-refractivity contribution is 0.0846. The van der Waals surface area contributed by atoms with Gasteiger partial charge in [-0.15, -0.1) is 0 Å². The molecule has 1 aliphatic heterocycles. The zero-order valence-corrected chi connectivity index (χ0v) is 16.4. The molecule has 1 saturated heterocycles. The average Bonchev–Trinajstić information content (AvgIpc) is 3.30. The summed E-state index contributed by atoms with van der Waals surface area (Å²) in [5.74, 6) is 0.651. The minimum Gasteiger partial charge on any atom is -0.496 e. The van der Waals surface area contributed by atoms with Gasteiger partial charge in [-0.3, -0.25) is 9.48 Å². The maximum atomic E-state index is 12.9. The van der Waals surface area contributed by atoms with Crippen LogP contribution in [0.2, 0.25) is 0 Å². The summed E-state index contributed by atoms with van der Waals surface area (Å²) in [6.45, 7) is 3.56. The van der Waals surface area contributed by atoms with Gasteiger partial charge in [-0.25, -0.2) is 4.98 Å². The van der Waals surface area contributed by atoms with Gasteiger partial charge < -0.3 is 19.2 Å². The Morgan fingerprint density at radius 1 is 1.36 bits per heavy atom. The summed E-state index contributed by atoms with van der Waals surface area (Å²) < 4.78 is 14.6. The highest BCUT2D eigenvalue weighted by atomic mass is 16.5. The van der Waals surface area contributed by atoms with E-state index in [1.807, 2.05) is 30.6 Å². The third-order valence-electron chi connectivity index (χ3n) is 5.32. The van der Waals surface area contributed by atoms with E-state index in [9.17, 15) is 4.79 Å². The number of hydrogen-bond donors (Lipinski definition) is 1. The van der Waals surface area contributed by atoms with E-state index < -0.39 is 0 Å². The summed E-state index contributed by atoms with van der Waals surface area (Å²) >= 11 is 0.